The zero-order valence-electron chi connectivity index (χ0n) is 11.4. The Morgan fingerprint density at radius 2 is 1.90 bits per heavy atom. The molecular weight excluding hydrogens is 312 g/mol. The molecule has 0 aliphatic rings. The lowest BCUT2D eigenvalue weighted by molar-refractivity contribution is 0.414. The van der Waals surface area contributed by atoms with Crippen molar-refractivity contribution in [2.45, 2.75) is 11.3 Å². The maximum atomic E-state index is 12.0. The Bertz CT molecular complexity index is 685. The summed E-state index contributed by atoms with van der Waals surface area (Å²) in [5, 5.41) is 0.257. The standard InChI is InChI=1S/C14H15ClN2O3S/c1-20-12-4-2-11(3-5-12)8-9-17-21(18,19)13-6-7-14(15)16-10-13/h2-7,10,17H,8-9H2,1H3. The molecule has 0 bridgehead atoms. The van der Waals surface area contributed by atoms with Gasteiger partial charge in [0.1, 0.15) is 15.8 Å². The van der Waals surface area contributed by atoms with E-state index in [4.69, 9.17) is 16.3 Å². The molecule has 2 rings (SSSR count). The van der Waals surface area contributed by atoms with Gasteiger partial charge < -0.3 is 4.74 Å². The van der Waals surface area contributed by atoms with Crippen molar-refractivity contribution >= 4 is 21.6 Å². The molecule has 1 N–H and O–H groups in total. The van der Waals surface area contributed by atoms with Gasteiger partial charge in [-0.3, -0.25) is 0 Å². The molecule has 0 unspecified atom stereocenters. The molecule has 0 atom stereocenters. The summed E-state index contributed by atoms with van der Waals surface area (Å²) in [6, 6.07) is 10.3. The predicted octanol–water partition coefficient (Wildman–Crippen LogP) is 2.26. The van der Waals surface area contributed by atoms with Crippen LogP contribution in [0.2, 0.25) is 5.15 Å². The third-order valence-corrected chi connectivity index (χ3v) is 4.55. The van der Waals surface area contributed by atoms with Crippen LogP contribution >= 0.6 is 11.6 Å². The molecule has 112 valence electrons. The van der Waals surface area contributed by atoms with Crippen LogP contribution in [0.1, 0.15) is 5.56 Å². The maximum absolute atomic E-state index is 12.0. The van der Waals surface area contributed by atoms with Gasteiger partial charge in [0.15, 0.2) is 0 Å². The Kier molecular flexibility index (Phi) is 5.17. The van der Waals surface area contributed by atoms with E-state index in [-0.39, 0.29) is 10.0 Å². The van der Waals surface area contributed by atoms with Crippen LogP contribution in [0, 0.1) is 0 Å². The van der Waals surface area contributed by atoms with E-state index in [9.17, 15) is 8.42 Å². The summed E-state index contributed by atoms with van der Waals surface area (Å²) in [7, 11) is -1.96. The molecule has 2 aromatic rings. The van der Waals surface area contributed by atoms with E-state index >= 15 is 0 Å². The van der Waals surface area contributed by atoms with Gasteiger partial charge in [-0.1, -0.05) is 23.7 Å². The van der Waals surface area contributed by atoms with Crippen molar-refractivity contribution in [1.29, 1.82) is 0 Å². The lowest BCUT2D eigenvalue weighted by atomic mass is 10.1. The molecule has 1 aromatic carbocycles. The average molecular weight is 327 g/mol. The van der Waals surface area contributed by atoms with Gasteiger partial charge >= 0.3 is 0 Å². The van der Waals surface area contributed by atoms with Gasteiger partial charge in [0.25, 0.3) is 0 Å². The first-order valence-corrected chi connectivity index (χ1v) is 8.11. The van der Waals surface area contributed by atoms with Crippen LogP contribution in [-0.4, -0.2) is 27.1 Å². The van der Waals surface area contributed by atoms with Gasteiger partial charge in [-0.2, -0.15) is 0 Å². The minimum absolute atomic E-state index is 0.0987. The molecule has 1 aromatic heterocycles. The van der Waals surface area contributed by atoms with E-state index in [2.05, 4.69) is 9.71 Å². The molecule has 0 saturated heterocycles. The Balaban J connectivity index is 1.93. The molecule has 21 heavy (non-hydrogen) atoms. The van der Waals surface area contributed by atoms with E-state index < -0.39 is 10.0 Å². The first-order chi connectivity index (χ1) is 10.0. The summed E-state index contributed by atoms with van der Waals surface area (Å²) in [6.07, 6.45) is 1.82. The molecule has 7 heteroatoms. The fraction of sp³-hybridized carbons (Fsp3) is 0.214. The van der Waals surface area contributed by atoms with Gasteiger partial charge in [0.05, 0.1) is 7.11 Å². The molecule has 5 nitrogen and oxygen atoms in total. The Hall–Kier alpha value is -1.63. The fourth-order valence-electron chi connectivity index (χ4n) is 1.73. The second kappa shape index (κ2) is 6.89. The number of hydrogen-bond donors (Lipinski definition) is 1. The second-order valence-corrected chi connectivity index (χ2v) is 6.47. The number of nitrogens with zero attached hydrogens (tertiary/aromatic N) is 1. The van der Waals surface area contributed by atoms with Crippen LogP contribution in [0.3, 0.4) is 0 Å². The van der Waals surface area contributed by atoms with E-state index in [1.807, 2.05) is 24.3 Å². The molecule has 0 amide bonds. The molecule has 0 fully saturated rings. The van der Waals surface area contributed by atoms with Gasteiger partial charge in [0.2, 0.25) is 10.0 Å². The number of benzene rings is 1. The summed E-state index contributed by atoms with van der Waals surface area (Å²) < 4.78 is 31.6. The highest BCUT2D eigenvalue weighted by Crippen LogP contribution is 2.13. The Morgan fingerprint density at radius 1 is 1.19 bits per heavy atom. The number of aromatic nitrogens is 1. The Morgan fingerprint density at radius 3 is 2.48 bits per heavy atom. The zero-order valence-corrected chi connectivity index (χ0v) is 13.0. The smallest absolute Gasteiger partial charge is 0.242 e. The highest BCUT2D eigenvalue weighted by atomic mass is 35.5. The van der Waals surface area contributed by atoms with Crippen LogP contribution in [0.25, 0.3) is 0 Å². The summed E-state index contributed by atoms with van der Waals surface area (Å²) in [4.78, 5) is 3.86. The van der Waals surface area contributed by atoms with Crippen LogP contribution in [-0.2, 0) is 16.4 Å². The number of ether oxygens (including phenoxy) is 1. The number of hydrogen-bond acceptors (Lipinski definition) is 4. The largest absolute Gasteiger partial charge is 0.497 e. The van der Waals surface area contributed by atoms with E-state index in [1.165, 1.54) is 18.3 Å². The van der Waals surface area contributed by atoms with Crippen LogP contribution in [0.4, 0.5) is 0 Å². The van der Waals surface area contributed by atoms with Crippen molar-refractivity contribution in [2.75, 3.05) is 13.7 Å². The second-order valence-electron chi connectivity index (χ2n) is 4.31. The number of halogens is 1. The van der Waals surface area contributed by atoms with Crippen molar-refractivity contribution in [1.82, 2.24) is 9.71 Å². The topological polar surface area (TPSA) is 68.3 Å². The third-order valence-electron chi connectivity index (χ3n) is 2.88. The van der Waals surface area contributed by atoms with Crippen LogP contribution in [0.5, 0.6) is 5.75 Å². The molecule has 0 radical (unpaired) electrons. The predicted molar refractivity (Wildman–Crippen MR) is 81.1 cm³/mol. The van der Waals surface area contributed by atoms with Crippen molar-refractivity contribution in [3.63, 3.8) is 0 Å². The molecule has 0 saturated carbocycles. The SMILES string of the molecule is COc1ccc(CCNS(=O)(=O)c2ccc(Cl)nc2)cc1. The molecular formula is C14H15ClN2O3S. The first kappa shape index (κ1) is 15.8. The summed E-state index contributed by atoms with van der Waals surface area (Å²) >= 11 is 5.63. The van der Waals surface area contributed by atoms with Crippen LogP contribution < -0.4 is 9.46 Å². The van der Waals surface area contributed by atoms with Crippen molar-refractivity contribution in [2.24, 2.45) is 0 Å². The lowest BCUT2D eigenvalue weighted by Gasteiger charge is -2.07. The van der Waals surface area contributed by atoms with Gasteiger partial charge in [-0.15, -0.1) is 0 Å². The Labute approximate surface area is 129 Å². The van der Waals surface area contributed by atoms with E-state index in [0.717, 1.165) is 11.3 Å². The number of methoxy groups -OCH3 is 1. The van der Waals surface area contributed by atoms with Gasteiger partial charge in [-0.05, 0) is 36.2 Å². The third kappa shape index (κ3) is 4.42. The van der Waals surface area contributed by atoms with Crippen molar-refractivity contribution in [3.05, 3.63) is 53.3 Å². The highest BCUT2D eigenvalue weighted by Gasteiger charge is 2.13. The van der Waals surface area contributed by atoms with Crippen molar-refractivity contribution < 1.29 is 13.2 Å². The maximum Gasteiger partial charge on any atom is 0.242 e. The van der Waals surface area contributed by atoms with Crippen molar-refractivity contribution in [3.8, 4) is 5.75 Å². The van der Waals surface area contributed by atoms with Gasteiger partial charge in [-0.25, -0.2) is 18.1 Å². The molecule has 0 aliphatic carbocycles. The minimum Gasteiger partial charge on any atom is -0.497 e. The van der Waals surface area contributed by atoms with Crippen LogP contribution in [0.15, 0.2) is 47.5 Å². The number of pyridine rings is 1. The monoisotopic (exact) mass is 326 g/mol. The lowest BCUT2D eigenvalue weighted by Crippen LogP contribution is -2.26. The number of sulfonamides is 1. The number of nitrogens with one attached hydrogen (secondary N) is 1. The quantitative estimate of drug-likeness (QED) is 0.827. The van der Waals surface area contributed by atoms with E-state index in [1.54, 1.807) is 7.11 Å². The fourth-order valence-corrected chi connectivity index (χ4v) is 2.81. The van der Waals surface area contributed by atoms with Gasteiger partial charge in [0, 0.05) is 12.7 Å². The zero-order chi connectivity index (χ0) is 15.3. The summed E-state index contributed by atoms with van der Waals surface area (Å²) in [5.41, 5.74) is 1.02. The molecule has 1 heterocycles. The molecule has 0 spiro atoms. The molecule has 0 aliphatic heterocycles. The summed E-state index contributed by atoms with van der Waals surface area (Å²) in [6.45, 7) is 0.303. The van der Waals surface area contributed by atoms with E-state index in [0.29, 0.717) is 13.0 Å². The highest BCUT2D eigenvalue weighted by molar-refractivity contribution is 7.89. The normalized spacial score (nSPS) is 11.3. The average Bonchev–Trinajstić information content (AvgIpc) is 2.48. The number of rotatable bonds is 6. The summed E-state index contributed by atoms with van der Waals surface area (Å²) in [5.74, 6) is 0.770. The minimum atomic E-state index is -3.56. The first-order valence-electron chi connectivity index (χ1n) is 6.25.